The van der Waals surface area contributed by atoms with Crippen LogP contribution in [0.15, 0.2) is 46.7 Å². The number of rotatable bonds is 6. The lowest BCUT2D eigenvalue weighted by molar-refractivity contribution is -0.137. The van der Waals surface area contributed by atoms with E-state index in [4.69, 9.17) is 5.11 Å². The molecule has 2 rings (SSSR count). The molecule has 5 nitrogen and oxygen atoms in total. The van der Waals surface area contributed by atoms with E-state index in [0.29, 0.717) is 4.88 Å². The summed E-state index contributed by atoms with van der Waals surface area (Å²) in [5.41, 5.74) is 0.953. The van der Waals surface area contributed by atoms with E-state index in [0.717, 1.165) is 5.56 Å². The third-order valence-electron chi connectivity index (χ3n) is 2.89. The van der Waals surface area contributed by atoms with E-state index in [1.54, 1.807) is 29.6 Å². The molecular weight excluding hydrogens is 310 g/mol. The molecule has 1 aromatic heterocycles. The first kappa shape index (κ1) is 15.7. The van der Waals surface area contributed by atoms with Gasteiger partial charge in [0.15, 0.2) is 0 Å². The highest BCUT2D eigenvalue weighted by molar-refractivity contribution is 7.89. The van der Waals surface area contributed by atoms with E-state index in [-0.39, 0.29) is 11.3 Å². The maximum absolute atomic E-state index is 12.3. The number of carboxylic acid groups (broad SMARTS) is 1. The molecule has 0 aliphatic carbocycles. The van der Waals surface area contributed by atoms with Crippen LogP contribution in [0.25, 0.3) is 0 Å². The number of aliphatic carboxylic acids is 1. The van der Waals surface area contributed by atoms with Crippen molar-refractivity contribution in [1.82, 2.24) is 4.72 Å². The average Bonchev–Trinajstić information content (AvgIpc) is 2.91. The Balaban J connectivity index is 2.27. The minimum Gasteiger partial charge on any atom is -0.481 e. The van der Waals surface area contributed by atoms with Crippen LogP contribution in [0.5, 0.6) is 0 Å². The first-order valence-electron chi connectivity index (χ1n) is 6.22. The van der Waals surface area contributed by atoms with Gasteiger partial charge in [0, 0.05) is 4.88 Å². The van der Waals surface area contributed by atoms with Gasteiger partial charge in [-0.25, -0.2) is 13.1 Å². The maximum Gasteiger partial charge on any atom is 0.305 e. The van der Waals surface area contributed by atoms with Gasteiger partial charge in [0.1, 0.15) is 0 Å². The minimum absolute atomic E-state index is 0.125. The molecule has 0 bridgehead atoms. The van der Waals surface area contributed by atoms with Crippen molar-refractivity contribution < 1.29 is 18.3 Å². The van der Waals surface area contributed by atoms with E-state index >= 15 is 0 Å². The van der Waals surface area contributed by atoms with Gasteiger partial charge < -0.3 is 5.11 Å². The molecule has 112 valence electrons. The molecule has 1 atom stereocenters. The van der Waals surface area contributed by atoms with Gasteiger partial charge >= 0.3 is 5.97 Å². The van der Waals surface area contributed by atoms with Gasteiger partial charge in [0.05, 0.1) is 17.4 Å². The molecule has 2 N–H and O–H groups in total. The van der Waals surface area contributed by atoms with Crippen molar-refractivity contribution in [2.24, 2.45) is 0 Å². The van der Waals surface area contributed by atoms with Crippen molar-refractivity contribution in [2.75, 3.05) is 0 Å². The standard InChI is InChI=1S/C14H15NO4S2/c1-10-4-6-11(7-5-10)21(18,19)15-12(9-14(16)17)13-3-2-8-20-13/h2-8,12,15H,9H2,1H3,(H,16,17)/t12-/m0/s1. The maximum atomic E-state index is 12.3. The Hall–Kier alpha value is -1.70. The van der Waals surface area contributed by atoms with Crippen molar-refractivity contribution in [3.8, 4) is 0 Å². The van der Waals surface area contributed by atoms with Gasteiger partial charge in [-0.15, -0.1) is 11.3 Å². The van der Waals surface area contributed by atoms with Crippen LogP contribution < -0.4 is 4.72 Å². The zero-order chi connectivity index (χ0) is 15.5. The Morgan fingerprint density at radius 3 is 2.48 bits per heavy atom. The summed E-state index contributed by atoms with van der Waals surface area (Å²) in [6.45, 7) is 1.86. The molecule has 2 aromatic rings. The fourth-order valence-electron chi connectivity index (χ4n) is 1.84. The molecule has 0 saturated carbocycles. The number of nitrogens with one attached hydrogen (secondary N) is 1. The summed E-state index contributed by atoms with van der Waals surface area (Å²) in [6.07, 6.45) is -0.300. The molecular formula is C14H15NO4S2. The van der Waals surface area contributed by atoms with Crippen molar-refractivity contribution in [3.63, 3.8) is 0 Å². The highest BCUT2D eigenvalue weighted by atomic mass is 32.2. The highest BCUT2D eigenvalue weighted by Crippen LogP contribution is 2.24. The lowest BCUT2D eigenvalue weighted by Crippen LogP contribution is -2.29. The average molecular weight is 325 g/mol. The third kappa shape index (κ3) is 4.13. The van der Waals surface area contributed by atoms with Crippen LogP contribution in [-0.2, 0) is 14.8 Å². The van der Waals surface area contributed by atoms with Gasteiger partial charge in [0.25, 0.3) is 0 Å². The van der Waals surface area contributed by atoms with Gasteiger partial charge in [-0.3, -0.25) is 4.79 Å². The summed E-state index contributed by atoms with van der Waals surface area (Å²) < 4.78 is 27.1. The predicted octanol–water partition coefficient (Wildman–Crippen LogP) is 2.55. The second kappa shape index (κ2) is 6.38. The number of benzene rings is 1. The monoisotopic (exact) mass is 325 g/mol. The molecule has 0 unspecified atom stereocenters. The van der Waals surface area contributed by atoms with Crippen molar-refractivity contribution in [1.29, 1.82) is 0 Å². The summed E-state index contributed by atoms with van der Waals surface area (Å²) >= 11 is 1.32. The molecule has 0 radical (unpaired) electrons. The SMILES string of the molecule is Cc1ccc(S(=O)(=O)N[C@@H](CC(=O)O)c2cccs2)cc1. The molecule has 0 amide bonds. The van der Waals surface area contributed by atoms with Crippen molar-refractivity contribution in [3.05, 3.63) is 52.2 Å². The van der Waals surface area contributed by atoms with E-state index < -0.39 is 22.0 Å². The first-order valence-corrected chi connectivity index (χ1v) is 8.59. The van der Waals surface area contributed by atoms with Crippen LogP contribution in [0.4, 0.5) is 0 Å². The largest absolute Gasteiger partial charge is 0.481 e. The molecule has 21 heavy (non-hydrogen) atoms. The third-order valence-corrected chi connectivity index (χ3v) is 5.37. The van der Waals surface area contributed by atoms with Gasteiger partial charge in [-0.2, -0.15) is 0 Å². The summed E-state index contributed by atoms with van der Waals surface area (Å²) in [5.74, 6) is -1.06. The van der Waals surface area contributed by atoms with Crippen LogP contribution in [0, 0.1) is 6.92 Å². The molecule has 0 aliphatic rings. The van der Waals surface area contributed by atoms with E-state index in [1.165, 1.54) is 23.5 Å². The number of thiophene rings is 1. The number of aryl methyl sites for hydroxylation is 1. The van der Waals surface area contributed by atoms with Crippen LogP contribution >= 0.6 is 11.3 Å². The Morgan fingerprint density at radius 1 is 1.29 bits per heavy atom. The molecule has 0 spiro atoms. The lowest BCUT2D eigenvalue weighted by Gasteiger charge is -2.15. The Kier molecular flexibility index (Phi) is 4.76. The molecule has 1 aromatic carbocycles. The number of hydrogen-bond acceptors (Lipinski definition) is 4. The number of carboxylic acids is 1. The Morgan fingerprint density at radius 2 is 1.95 bits per heavy atom. The Labute approximate surface area is 127 Å². The lowest BCUT2D eigenvalue weighted by atomic mass is 10.2. The predicted molar refractivity (Wildman–Crippen MR) is 80.8 cm³/mol. The molecule has 1 heterocycles. The summed E-state index contributed by atoms with van der Waals surface area (Å²) in [6, 6.07) is 9.12. The number of sulfonamides is 1. The smallest absolute Gasteiger partial charge is 0.305 e. The first-order chi connectivity index (χ1) is 9.88. The highest BCUT2D eigenvalue weighted by Gasteiger charge is 2.24. The molecule has 7 heteroatoms. The molecule has 0 saturated heterocycles. The summed E-state index contributed by atoms with van der Waals surface area (Å²) in [7, 11) is -3.75. The molecule has 0 aliphatic heterocycles. The Bertz CT molecular complexity index is 706. The number of hydrogen-bond donors (Lipinski definition) is 2. The summed E-state index contributed by atoms with van der Waals surface area (Å²) in [5, 5.41) is 10.7. The van der Waals surface area contributed by atoms with Crippen LogP contribution in [0.2, 0.25) is 0 Å². The van der Waals surface area contributed by atoms with E-state index in [2.05, 4.69) is 4.72 Å². The van der Waals surface area contributed by atoms with Gasteiger partial charge in [-0.05, 0) is 30.5 Å². The van der Waals surface area contributed by atoms with Gasteiger partial charge in [-0.1, -0.05) is 23.8 Å². The van der Waals surface area contributed by atoms with Crippen LogP contribution in [-0.4, -0.2) is 19.5 Å². The normalized spacial score (nSPS) is 13.0. The second-order valence-electron chi connectivity index (χ2n) is 4.60. The fraction of sp³-hybridized carbons (Fsp3) is 0.214. The number of carbonyl (C=O) groups is 1. The quantitative estimate of drug-likeness (QED) is 0.855. The van der Waals surface area contributed by atoms with Crippen LogP contribution in [0.3, 0.4) is 0 Å². The van der Waals surface area contributed by atoms with Crippen molar-refractivity contribution >= 4 is 27.3 Å². The topological polar surface area (TPSA) is 83.5 Å². The second-order valence-corrected chi connectivity index (χ2v) is 7.29. The zero-order valence-corrected chi connectivity index (χ0v) is 12.9. The minimum atomic E-state index is -3.75. The van der Waals surface area contributed by atoms with E-state index in [9.17, 15) is 13.2 Å². The van der Waals surface area contributed by atoms with Gasteiger partial charge in [0.2, 0.25) is 10.0 Å². The van der Waals surface area contributed by atoms with Crippen molar-refractivity contribution in [2.45, 2.75) is 24.3 Å². The fourth-order valence-corrected chi connectivity index (χ4v) is 3.91. The zero-order valence-electron chi connectivity index (χ0n) is 11.3. The molecule has 0 fully saturated rings. The summed E-state index contributed by atoms with van der Waals surface area (Å²) in [4.78, 5) is 11.7. The van der Waals surface area contributed by atoms with E-state index in [1.807, 2.05) is 6.92 Å². The van der Waals surface area contributed by atoms with Crippen LogP contribution in [0.1, 0.15) is 22.9 Å².